The zero-order valence-corrected chi connectivity index (χ0v) is 30.1. The van der Waals surface area contributed by atoms with Crippen LogP contribution in [0.2, 0.25) is 20.1 Å². The summed E-state index contributed by atoms with van der Waals surface area (Å²) in [5, 5.41) is 4.17. The van der Waals surface area contributed by atoms with Gasteiger partial charge in [-0.05, 0) is 73.4 Å². The van der Waals surface area contributed by atoms with Gasteiger partial charge < -0.3 is 10.2 Å². The molecule has 48 heavy (non-hydrogen) atoms. The van der Waals surface area contributed by atoms with Gasteiger partial charge in [-0.3, -0.25) is 13.9 Å². The van der Waals surface area contributed by atoms with E-state index in [9.17, 15) is 18.0 Å². The molecular weight excluding hydrogens is 712 g/mol. The summed E-state index contributed by atoms with van der Waals surface area (Å²) in [6.45, 7) is 1.16. The first-order chi connectivity index (χ1) is 22.9. The number of hydrogen-bond acceptors (Lipinski definition) is 4. The van der Waals surface area contributed by atoms with Gasteiger partial charge in [0.25, 0.3) is 10.0 Å². The summed E-state index contributed by atoms with van der Waals surface area (Å²) >= 11 is 25.2. The third kappa shape index (κ3) is 9.04. The number of anilines is 1. The van der Waals surface area contributed by atoms with Crippen molar-refractivity contribution in [2.75, 3.05) is 10.8 Å². The highest BCUT2D eigenvalue weighted by atomic mass is 35.5. The number of carbonyl (C=O) groups is 2. The quantitative estimate of drug-likeness (QED) is 0.158. The minimum Gasteiger partial charge on any atom is -0.352 e. The van der Waals surface area contributed by atoms with Gasteiger partial charge in [-0.25, -0.2) is 8.42 Å². The van der Waals surface area contributed by atoms with Crippen LogP contribution in [-0.2, 0) is 32.6 Å². The van der Waals surface area contributed by atoms with Crippen molar-refractivity contribution in [1.82, 2.24) is 10.2 Å². The molecule has 1 fully saturated rings. The zero-order chi connectivity index (χ0) is 34.4. The number of carbonyl (C=O) groups excluding carboxylic acids is 2. The molecule has 0 saturated heterocycles. The van der Waals surface area contributed by atoms with E-state index < -0.39 is 28.5 Å². The molecule has 12 heteroatoms. The van der Waals surface area contributed by atoms with Crippen LogP contribution in [-0.4, -0.2) is 43.8 Å². The van der Waals surface area contributed by atoms with Crippen LogP contribution in [0.1, 0.15) is 42.4 Å². The minimum atomic E-state index is -4.31. The summed E-state index contributed by atoms with van der Waals surface area (Å²) in [7, 11) is -4.31. The second-order valence-corrected chi connectivity index (χ2v) is 15.5. The van der Waals surface area contributed by atoms with Crippen LogP contribution in [0.3, 0.4) is 0 Å². The Kier molecular flexibility index (Phi) is 12.0. The third-order valence-corrected chi connectivity index (χ3v) is 11.3. The molecule has 1 aliphatic rings. The van der Waals surface area contributed by atoms with Crippen LogP contribution in [0.4, 0.5) is 5.69 Å². The second-order valence-electron chi connectivity index (χ2n) is 11.9. The van der Waals surface area contributed by atoms with Gasteiger partial charge in [-0.2, -0.15) is 0 Å². The second kappa shape index (κ2) is 16.0. The summed E-state index contributed by atoms with van der Waals surface area (Å²) in [4.78, 5) is 30.2. The molecule has 1 aliphatic carbocycles. The van der Waals surface area contributed by atoms with Crippen LogP contribution >= 0.6 is 46.4 Å². The van der Waals surface area contributed by atoms with Crippen molar-refractivity contribution < 1.29 is 18.0 Å². The molecule has 0 aromatic heterocycles. The van der Waals surface area contributed by atoms with Gasteiger partial charge in [0.1, 0.15) is 12.6 Å². The Balaban J connectivity index is 1.59. The molecule has 1 atom stereocenters. The SMILES string of the molecule is Cc1ccc(S(=O)(=O)N(CC(=O)N(Cc2ccc(Cl)c(Cl)c2)[C@H](Cc2ccccc2)C(=O)NC2CCCC2)c2cc(Cl)cc(Cl)c2)cc1. The van der Waals surface area contributed by atoms with Crippen molar-refractivity contribution >= 4 is 73.9 Å². The van der Waals surface area contributed by atoms with Crippen LogP contribution in [0.15, 0.2) is 95.9 Å². The van der Waals surface area contributed by atoms with Crippen LogP contribution < -0.4 is 9.62 Å². The monoisotopic (exact) mass is 745 g/mol. The van der Waals surface area contributed by atoms with Gasteiger partial charge in [0.05, 0.1) is 20.6 Å². The number of rotatable bonds is 12. The lowest BCUT2D eigenvalue weighted by Gasteiger charge is -2.34. The van der Waals surface area contributed by atoms with Crippen LogP contribution in [0, 0.1) is 6.92 Å². The molecule has 0 heterocycles. The van der Waals surface area contributed by atoms with E-state index in [1.54, 1.807) is 30.3 Å². The van der Waals surface area contributed by atoms with E-state index in [-0.39, 0.29) is 50.6 Å². The average Bonchev–Trinajstić information content (AvgIpc) is 3.56. The van der Waals surface area contributed by atoms with Crippen molar-refractivity contribution in [3.8, 4) is 0 Å². The fraction of sp³-hybridized carbons (Fsp3) is 0.278. The number of amides is 2. The molecule has 252 valence electrons. The Morgan fingerprint density at radius 1 is 0.812 bits per heavy atom. The highest BCUT2D eigenvalue weighted by Crippen LogP contribution is 2.31. The topological polar surface area (TPSA) is 86.8 Å². The molecule has 0 radical (unpaired) electrons. The van der Waals surface area contributed by atoms with Crippen LogP contribution in [0.25, 0.3) is 0 Å². The Labute approximate surface area is 301 Å². The fourth-order valence-electron chi connectivity index (χ4n) is 5.81. The maximum Gasteiger partial charge on any atom is 0.264 e. The molecule has 1 N–H and O–H groups in total. The maximum absolute atomic E-state index is 14.7. The van der Waals surface area contributed by atoms with E-state index in [1.807, 2.05) is 37.3 Å². The van der Waals surface area contributed by atoms with E-state index in [0.717, 1.165) is 41.1 Å². The standard InChI is InChI=1S/C36H35Cl4N3O4S/c1-24-11-14-31(15-12-24)48(46,47)43(30-20-27(37)19-28(38)21-30)23-35(44)42(22-26-13-16-32(39)33(40)17-26)34(18-25-7-3-2-4-8-25)36(45)41-29-9-5-6-10-29/h2-4,7-8,11-17,19-21,29,34H,5-6,9-10,18,22-23H2,1H3,(H,41,45)/t34-/m1/s1. The summed E-state index contributed by atoms with van der Waals surface area (Å²) in [6.07, 6.45) is 3.91. The van der Waals surface area contributed by atoms with E-state index >= 15 is 0 Å². The molecule has 0 aliphatic heterocycles. The van der Waals surface area contributed by atoms with Gasteiger partial charge in [-0.15, -0.1) is 0 Å². The van der Waals surface area contributed by atoms with Crippen molar-refractivity contribution in [3.05, 3.63) is 128 Å². The third-order valence-electron chi connectivity index (χ3n) is 8.33. The van der Waals surface area contributed by atoms with E-state index in [2.05, 4.69) is 5.32 Å². The Morgan fingerprint density at radius 3 is 2.08 bits per heavy atom. The summed E-state index contributed by atoms with van der Waals surface area (Å²) in [5.74, 6) is -0.937. The Hall–Kier alpha value is -3.27. The normalized spacial score (nSPS) is 14.0. The van der Waals surface area contributed by atoms with Crippen LogP contribution in [0.5, 0.6) is 0 Å². The molecule has 4 aromatic carbocycles. The van der Waals surface area contributed by atoms with Crippen molar-refractivity contribution in [1.29, 1.82) is 0 Å². The van der Waals surface area contributed by atoms with Gasteiger partial charge in [0.15, 0.2) is 0 Å². The first-order valence-corrected chi connectivity index (χ1v) is 18.5. The minimum absolute atomic E-state index is 0.00952. The lowest BCUT2D eigenvalue weighted by molar-refractivity contribution is -0.140. The number of hydrogen-bond donors (Lipinski definition) is 1. The van der Waals surface area contributed by atoms with E-state index in [4.69, 9.17) is 46.4 Å². The summed E-state index contributed by atoms with van der Waals surface area (Å²) < 4.78 is 29.5. The highest BCUT2D eigenvalue weighted by Gasteiger charge is 2.36. The predicted molar refractivity (Wildman–Crippen MR) is 194 cm³/mol. The molecule has 0 spiro atoms. The van der Waals surface area contributed by atoms with E-state index in [0.29, 0.717) is 10.6 Å². The van der Waals surface area contributed by atoms with Gasteiger partial charge in [0, 0.05) is 29.1 Å². The first-order valence-electron chi connectivity index (χ1n) is 15.5. The lowest BCUT2D eigenvalue weighted by atomic mass is 10.0. The van der Waals surface area contributed by atoms with Crippen molar-refractivity contribution in [3.63, 3.8) is 0 Å². The first kappa shape index (κ1) is 36.0. The number of sulfonamides is 1. The summed E-state index contributed by atoms with van der Waals surface area (Å²) in [5.41, 5.74) is 2.42. The molecule has 4 aromatic rings. The summed E-state index contributed by atoms with van der Waals surface area (Å²) in [6, 6.07) is 24.0. The number of nitrogens with zero attached hydrogens (tertiary/aromatic N) is 2. The number of aryl methyl sites for hydroxylation is 1. The highest BCUT2D eigenvalue weighted by molar-refractivity contribution is 7.92. The maximum atomic E-state index is 14.7. The van der Waals surface area contributed by atoms with E-state index in [1.165, 1.54) is 35.2 Å². The average molecular weight is 748 g/mol. The number of benzene rings is 4. The van der Waals surface area contributed by atoms with Gasteiger partial charge in [0.2, 0.25) is 11.8 Å². The van der Waals surface area contributed by atoms with Gasteiger partial charge in [-0.1, -0.05) is 113 Å². The molecule has 7 nitrogen and oxygen atoms in total. The van der Waals surface area contributed by atoms with Crippen molar-refractivity contribution in [2.24, 2.45) is 0 Å². The predicted octanol–water partition coefficient (Wildman–Crippen LogP) is 8.50. The number of nitrogens with one attached hydrogen (secondary N) is 1. The molecule has 1 saturated carbocycles. The molecule has 0 bridgehead atoms. The smallest absolute Gasteiger partial charge is 0.264 e. The zero-order valence-electron chi connectivity index (χ0n) is 26.2. The molecule has 0 unspecified atom stereocenters. The molecule has 5 rings (SSSR count). The fourth-order valence-corrected chi connectivity index (χ4v) is 8.04. The molecular formula is C36H35Cl4N3O4S. The Morgan fingerprint density at radius 2 is 1.46 bits per heavy atom. The lowest BCUT2D eigenvalue weighted by Crippen LogP contribution is -2.54. The molecule has 2 amide bonds. The largest absolute Gasteiger partial charge is 0.352 e. The number of halogens is 4. The van der Waals surface area contributed by atoms with Crippen molar-refractivity contribution in [2.45, 2.75) is 62.6 Å². The Bertz CT molecular complexity index is 1850. The van der Waals surface area contributed by atoms with Gasteiger partial charge >= 0.3 is 0 Å².